The third kappa shape index (κ3) is 3.09. The molecular formula is C19H29N. The first kappa shape index (κ1) is 14.1. The van der Waals surface area contributed by atoms with E-state index in [2.05, 4.69) is 30.4 Å². The van der Waals surface area contributed by atoms with E-state index in [1.807, 2.05) is 0 Å². The molecule has 2 aliphatic carbocycles. The van der Waals surface area contributed by atoms with Crippen LogP contribution in [0.2, 0.25) is 0 Å². The van der Waals surface area contributed by atoms with Crippen LogP contribution < -0.4 is 5.32 Å². The van der Waals surface area contributed by atoms with Crippen molar-refractivity contribution in [2.45, 2.75) is 70.8 Å². The lowest BCUT2D eigenvalue weighted by atomic mass is 9.79. The Morgan fingerprint density at radius 1 is 1.00 bits per heavy atom. The van der Waals surface area contributed by atoms with Crippen molar-refractivity contribution in [3.63, 3.8) is 0 Å². The molecule has 3 rings (SSSR count). The summed E-state index contributed by atoms with van der Waals surface area (Å²) in [6.45, 7) is 3.33. The molecule has 0 radical (unpaired) electrons. The zero-order valence-corrected chi connectivity index (χ0v) is 13.0. The Bertz CT molecular complexity index is 431. The third-order valence-electron chi connectivity index (χ3n) is 5.28. The number of benzene rings is 1. The molecule has 0 spiro atoms. The second-order valence-corrected chi connectivity index (χ2v) is 6.67. The highest BCUT2D eigenvalue weighted by Gasteiger charge is 2.25. The van der Waals surface area contributed by atoms with Crippen molar-refractivity contribution < 1.29 is 0 Å². The van der Waals surface area contributed by atoms with Crippen LogP contribution in [-0.4, -0.2) is 6.54 Å². The van der Waals surface area contributed by atoms with Crippen LogP contribution in [0.15, 0.2) is 18.2 Å². The van der Waals surface area contributed by atoms with Gasteiger partial charge < -0.3 is 5.32 Å². The molecule has 0 bridgehead atoms. The van der Waals surface area contributed by atoms with Crippen molar-refractivity contribution in [1.82, 2.24) is 5.32 Å². The lowest BCUT2D eigenvalue weighted by Crippen LogP contribution is -2.29. The number of hydrogen-bond acceptors (Lipinski definition) is 1. The smallest absolute Gasteiger partial charge is 0.0348 e. The van der Waals surface area contributed by atoms with Crippen LogP contribution in [-0.2, 0) is 12.8 Å². The van der Waals surface area contributed by atoms with Gasteiger partial charge in [-0.15, -0.1) is 0 Å². The van der Waals surface area contributed by atoms with Crippen molar-refractivity contribution in [2.24, 2.45) is 5.92 Å². The Labute approximate surface area is 124 Å². The van der Waals surface area contributed by atoms with Crippen LogP contribution in [0.4, 0.5) is 0 Å². The van der Waals surface area contributed by atoms with E-state index < -0.39 is 0 Å². The highest BCUT2D eigenvalue weighted by molar-refractivity contribution is 5.35. The summed E-state index contributed by atoms with van der Waals surface area (Å²) >= 11 is 0. The number of rotatable bonds is 4. The maximum Gasteiger partial charge on any atom is 0.0348 e. The largest absolute Gasteiger partial charge is 0.310 e. The molecule has 1 fully saturated rings. The molecule has 1 heteroatoms. The predicted octanol–water partition coefficient (Wildman–Crippen LogP) is 4.80. The van der Waals surface area contributed by atoms with Crippen LogP contribution in [0.3, 0.4) is 0 Å². The van der Waals surface area contributed by atoms with Crippen LogP contribution in [0.1, 0.15) is 74.6 Å². The molecule has 1 atom stereocenters. The minimum Gasteiger partial charge on any atom is -0.310 e. The number of aryl methyl sites for hydroxylation is 2. The van der Waals surface area contributed by atoms with Crippen LogP contribution in [0, 0.1) is 5.92 Å². The first-order chi connectivity index (χ1) is 9.88. The predicted molar refractivity (Wildman–Crippen MR) is 86.1 cm³/mol. The summed E-state index contributed by atoms with van der Waals surface area (Å²) in [6, 6.07) is 7.94. The van der Waals surface area contributed by atoms with E-state index in [-0.39, 0.29) is 0 Å². The molecular weight excluding hydrogens is 242 g/mol. The minimum atomic E-state index is 0.590. The van der Waals surface area contributed by atoms with Crippen LogP contribution in [0.5, 0.6) is 0 Å². The Hall–Kier alpha value is -0.820. The lowest BCUT2D eigenvalue weighted by molar-refractivity contribution is 0.274. The quantitative estimate of drug-likeness (QED) is 0.829. The Balaban J connectivity index is 1.82. The zero-order chi connectivity index (χ0) is 13.8. The Morgan fingerprint density at radius 2 is 1.75 bits per heavy atom. The topological polar surface area (TPSA) is 12.0 Å². The van der Waals surface area contributed by atoms with Gasteiger partial charge in [0.2, 0.25) is 0 Å². The molecule has 110 valence electrons. The van der Waals surface area contributed by atoms with Gasteiger partial charge in [0.05, 0.1) is 0 Å². The summed E-state index contributed by atoms with van der Waals surface area (Å²) in [4.78, 5) is 0. The van der Waals surface area contributed by atoms with Gasteiger partial charge in [0.25, 0.3) is 0 Å². The molecule has 20 heavy (non-hydrogen) atoms. The van der Waals surface area contributed by atoms with E-state index in [9.17, 15) is 0 Å². The van der Waals surface area contributed by atoms with Gasteiger partial charge in [-0.05, 0) is 67.7 Å². The molecule has 0 aromatic heterocycles. The fraction of sp³-hybridized carbons (Fsp3) is 0.684. The summed E-state index contributed by atoms with van der Waals surface area (Å²) in [6.07, 6.45) is 12.5. The molecule has 0 amide bonds. The van der Waals surface area contributed by atoms with Crippen molar-refractivity contribution in [1.29, 1.82) is 0 Å². The Kier molecular flexibility index (Phi) is 4.77. The molecule has 2 aliphatic rings. The van der Waals surface area contributed by atoms with E-state index in [4.69, 9.17) is 0 Å². The normalized spacial score (nSPS) is 21.4. The van der Waals surface area contributed by atoms with Crippen molar-refractivity contribution in [2.75, 3.05) is 6.54 Å². The second kappa shape index (κ2) is 6.76. The number of nitrogens with one attached hydrogen (secondary N) is 1. The van der Waals surface area contributed by atoms with E-state index in [1.54, 1.807) is 16.7 Å². The molecule has 0 aliphatic heterocycles. The van der Waals surface area contributed by atoms with E-state index >= 15 is 0 Å². The summed E-state index contributed by atoms with van der Waals surface area (Å²) in [7, 11) is 0. The van der Waals surface area contributed by atoms with Gasteiger partial charge >= 0.3 is 0 Å². The van der Waals surface area contributed by atoms with Crippen LogP contribution >= 0.6 is 0 Å². The van der Waals surface area contributed by atoms with E-state index in [1.165, 1.54) is 57.8 Å². The SMILES string of the molecule is CCNC(c1ccc2c(c1)CCCC2)C1CCCCC1. The zero-order valence-electron chi connectivity index (χ0n) is 13.0. The number of hydrogen-bond donors (Lipinski definition) is 1. The monoisotopic (exact) mass is 271 g/mol. The third-order valence-corrected chi connectivity index (χ3v) is 5.28. The Morgan fingerprint density at radius 3 is 2.50 bits per heavy atom. The van der Waals surface area contributed by atoms with Gasteiger partial charge in [0.15, 0.2) is 0 Å². The first-order valence-electron chi connectivity index (χ1n) is 8.73. The fourth-order valence-electron chi connectivity index (χ4n) is 4.19. The highest BCUT2D eigenvalue weighted by Crippen LogP contribution is 2.35. The lowest BCUT2D eigenvalue weighted by Gasteiger charge is -2.32. The van der Waals surface area contributed by atoms with Gasteiger partial charge in [0.1, 0.15) is 0 Å². The van der Waals surface area contributed by atoms with Gasteiger partial charge in [-0.25, -0.2) is 0 Å². The van der Waals surface area contributed by atoms with Gasteiger partial charge in [0, 0.05) is 6.04 Å². The molecule has 1 unspecified atom stereocenters. The first-order valence-corrected chi connectivity index (χ1v) is 8.73. The fourth-order valence-corrected chi connectivity index (χ4v) is 4.19. The maximum atomic E-state index is 3.78. The summed E-state index contributed by atoms with van der Waals surface area (Å²) < 4.78 is 0. The maximum absolute atomic E-state index is 3.78. The summed E-state index contributed by atoms with van der Waals surface area (Å²) in [5, 5.41) is 3.78. The average molecular weight is 271 g/mol. The molecule has 0 saturated heterocycles. The molecule has 0 heterocycles. The minimum absolute atomic E-state index is 0.590. The second-order valence-electron chi connectivity index (χ2n) is 6.67. The average Bonchev–Trinajstić information content (AvgIpc) is 2.53. The molecule has 1 saturated carbocycles. The van der Waals surface area contributed by atoms with Crippen molar-refractivity contribution in [3.8, 4) is 0 Å². The molecule has 1 aromatic rings. The van der Waals surface area contributed by atoms with Gasteiger partial charge in [-0.3, -0.25) is 0 Å². The van der Waals surface area contributed by atoms with Crippen molar-refractivity contribution >= 4 is 0 Å². The van der Waals surface area contributed by atoms with Crippen LogP contribution in [0.25, 0.3) is 0 Å². The van der Waals surface area contributed by atoms with Gasteiger partial charge in [-0.2, -0.15) is 0 Å². The highest BCUT2D eigenvalue weighted by atomic mass is 14.9. The van der Waals surface area contributed by atoms with E-state index in [0.29, 0.717) is 6.04 Å². The van der Waals surface area contributed by atoms with Crippen molar-refractivity contribution in [3.05, 3.63) is 34.9 Å². The summed E-state index contributed by atoms with van der Waals surface area (Å²) in [5.74, 6) is 0.852. The van der Waals surface area contributed by atoms with E-state index in [0.717, 1.165) is 12.5 Å². The molecule has 1 N–H and O–H groups in total. The molecule has 1 nitrogen and oxygen atoms in total. The standard InChI is InChI=1S/C19H29N/c1-2-20-19(16-9-4-3-5-10-16)18-13-12-15-8-6-7-11-17(15)14-18/h12-14,16,19-20H,2-11H2,1H3. The molecule has 1 aromatic carbocycles. The van der Waals surface area contributed by atoms with Gasteiger partial charge in [-0.1, -0.05) is 44.4 Å². The summed E-state index contributed by atoms with van der Waals surface area (Å²) in [5.41, 5.74) is 4.80. The number of fused-ring (bicyclic) bond motifs is 1.